The van der Waals surface area contributed by atoms with Gasteiger partial charge < -0.3 is 15.5 Å². The van der Waals surface area contributed by atoms with E-state index in [0.29, 0.717) is 31.7 Å². The fourth-order valence-corrected chi connectivity index (χ4v) is 6.50. The quantitative estimate of drug-likeness (QED) is 0.460. The van der Waals surface area contributed by atoms with Crippen molar-refractivity contribution in [1.82, 2.24) is 5.32 Å². The molecule has 0 saturated heterocycles. The van der Waals surface area contributed by atoms with E-state index in [-0.39, 0.29) is 17.4 Å². The van der Waals surface area contributed by atoms with Crippen LogP contribution in [0.1, 0.15) is 78.6 Å². The van der Waals surface area contributed by atoms with Crippen LogP contribution in [-0.2, 0) is 4.79 Å². The zero-order chi connectivity index (χ0) is 25.3. The molecule has 0 heterocycles. The van der Waals surface area contributed by atoms with Crippen molar-refractivity contribution in [1.29, 1.82) is 0 Å². The van der Waals surface area contributed by atoms with Gasteiger partial charge in [0.25, 0.3) is 0 Å². The molecule has 0 aromatic heterocycles. The van der Waals surface area contributed by atoms with Gasteiger partial charge in [0.15, 0.2) is 5.60 Å². The van der Waals surface area contributed by atoms with E-state index in [1.807, 2.05) is 0 Å². The van der Waals surface area contributed by atoms with Gasteiger partial charge in [-0.05, 0) is 87.0 Å². The Labute approximate surface area is 201 Å². The predicted octanol–water partition coefficient (Wildman–Crippen LogP) is 5.61. The normalized spacial score (nSPS) is 35.2. The molecule has 1 unspecified atom stereocenters. The summed E-state index contributed by atoms with van der Waals surface area (Å²) in [7, 11) is 0. The third kappa shape index (κ3) is 5.78. The summed E-state index contributed by atoms with van der Waals surface area (Å²) in [5.41, 5.74) is 0.752. The number of hydrogen-bond acceptors (Lipinski definition) is 3. The minimum atomic E-state index is -4.84. The molecule has 0 aromatic carbocycles. The van der Waals surface area contributed by atoms with Crippen molar-refractivity contribution in [2.24, 2.45) is 23.2 Å². The number of carbonyl (C=O) groups is 1. The number of alkyl halides is 3. The molecular weight excluding hydrogens is 443 g/mol. The van der Waals surface area contributed by atoms with Crippen LogP contribution >= 0.6 is 0 Å². The number of aliphatic hydroxyl groups excluding tert-OH is 1. The SMILES string of the molecule is C=C1CC[C@H](O)CC1=CC=C1CCC[C@@]2(C)C1CC[C@@H]2[C@@H](C)CNC(=O)C[C@](C)(O)C(F)(F)F. The molecule has 3 aliphatic carbocycles. The standard InChI is InChI=1S/C27H40F3NO3/c1-17-7-10-21(32)14-20(17)9-8-19-6-5-13-25(3)22(11-12-23(19)25)18(2)16-31-24(33)15-26(4,34)27(28,29)30/h8-9,18,21-23,32,34H,1,5-7,10-16H2,2-4H3,(H,31,33)/t18-,21-,22+,23?,25+,26-/m0/s1. The smallest absolute Gasteiger partial charge is 0.393 e. The Morgan fingerprint density at radius 2 is 1.97 bits per heavy atom. The van der Waals surface area contributed by atoms with E-state index in [4.69, 9.17) is 0 Å². The van der Waals surface area contributed by atoms with Crippen molar-refractivity contribution >= 4 is 5.91 Å². The first-order chi connectivity index (χ1) is 15.7. The summed E-state index contributed by atoms with van der Waals surface area (Å²) in [4.78, 5) is 12.1. The average molecular weight is 484 g/mol. The lowest BCUT2D eigenvalue weighted by Crippen LogP contribution is -2.47. The third-order valence-corrected chi connectivity index (χ3v) is 8.65. The van der Waals surface area contributed by atoms with E-state index < -0.39 is 24.1 Å². The van der Waals surface area contributed by atoms with Crippen LogP contribution in [0.2, 0.25) is 0 Å². The second kappa shape index (κ2) is 10.2. The summed E-state index contributed by atoms with van der Waals surface area (Å²) in [5.74, 6) is 0.165. The maximum absolute atomic E-state index is 12.9. The number of allylic oxidation sites excluding steroid dienone is 4. The molecule has 3 fully saturated rings. The molecule has 0 aromatic rings. The fourth-order valence-electron chi connectivity index (χ4n) is 6.50. The first kappa shape index (κ1) is 27.0. The van der Waals surface area contributed by atoms with Crippen LogP contribution in [0.15, 0.2) is 35.5 Å². The molecule has 34 heavy (non-hydrogen) atoms. The summed E-state index contributed by atoms with van der Waals surface area (Å²) in [6.45, 7) is 9.48. The van der Waals surface area contributed by atoms with Gasteiger partial charge in [0.05, 0.1) is 12.5 Å². The van der Waals surface area contributed by atoms with Gasteiger partial charge in [-0.15, -0.1) is 0 Å². The van der Waals surface area contributed by atoms with Crippen molar-refractivity contribution < 1.29 is 28.2 Å². The number of halogens is 3. The summed E-state index contributed by atoms with van der Waals surface area (Å²) in [6.07, 6.45) is 5.88. The number of nitrogens with one attached hydrogen (secondary N) is 1. The molecule has 0 aliphatic heterocycles. The Bertz CT molecular complexity index is 845. The highest BCUT2D eigenvalue weighted by Crippen LogP contribution is 2.59. The highest BCUT2D eigenvalue weighted by atomic mass is 19.4. The van der Waals surface area contributed by atoms with Gasteiger partial charge in [0.1, 0.15) is 0 Å². The van der Waals surface area contributed by atoms with E-state index in [1.54, 1.807) is 0 Å². The van der Waals surface area contributed by atoms with Crippen molar-refractivity contribution in [3.05, 3.63) is 35.5 Å². The molecule has 6 atom stereocenters. The average Bonchev–Trinajstić information content (AvgIpc) is 3.09. The molecule has 0 bridgehead atoms. The van der Waals surface area contributed by atoms with Crippen LogP contribution in [0.3, 0.4) is 0 Å². The molecule has 1 amide bonds. The summed E-state index contributed by atoms with van der Waals surface area (Å²) in [5, 5.41) is 22.2. The highest BCUT2D eigenvalue weighted by Gasteiger charge is 2.52. The van der Waals surface area contributed by atoms with Crippen LogP contribution < -0.4 is 5.32 Å². The van der Waals surface area contributed by atoms with Gasteiger partial charge in [-0.25, -0.2) is 0 Å². The molecule has 3 rings (SSSR count). The number of fused-ring (bicyclic) bond motifs is 1. The molecule has 3 saturated carbocycles. The molecule has 7 heteroatoms. The Balaban J connectivity index is 1.64. The first-order valence-electron chi connectivity index (χ1n) is 12.6. The molecule has 4 nitrogen and oxygen atoms in total. The lowest BCUT2D eigenvalue weighted by atomic mass is 9.61. The van der Waals surface area contributed by atoms with Crippen LogP contribution in [0.25, 0.3) is 0 Å². The lowest BCUT2D eigenvalue weighted by Gasteiger charge is -2.44. The minimum absolute atomic E-state index is 0.0906. The summed E-state index contributed by atoms with van der Waals surface area (Å²) < 4.78 is 38.6. The van der Waals surface area contributed by atoms with Gasteiger partial charge in [-0.3, -0.25) is 4.79 Å². The summed E-state index contributed by atoms with van der Waals surface area (Å²) in [6, 6.07) is 0. The second-order valence-electron chi connectivity index (χ2n) is 11.3. The molecule has 3 N–H and O–H groups in total. The number of amides is 1. The van der Waals surface area contributed by atoms with Crippen LogP contribution in [0.4, 0.5) is 13.2 Å². The number of rotatable bonds is 6. The number of carbonyl (C=O) groups excluding carboxylic acids is 1. The van der Waals surface area contributed by atoms with Crippen molar-refractivity contribution in [3.8, 4) is 0 Å². The van der Waals surface area contributed by atoms with E-state index in [2.05, 4.69) is 37.9 Å². The van der Waals surface area contributed by atoms with E-state index in [9.17, 15) is 28.2 Å². The zero-order valence-electron chi connectivity index (χ0n) is 20.7. The van der Waals surface area contributed by atoms with Gasteiger partial charge in [0, 0.05) is 6.54 Å². The summed E-state index contributed by atoms with van der Waals surface area (Å²) >= 11 is 0. The highest BCUT2D eigenvalue weighted by molar-refractivity contribution is 5.77. The first-order valence-corrected chi connectivity index (χ1v) is 12.6. The van der Waals surface area contributed by atoms with Crippen LogP contribution in [-0.4, -0.2) is 40.5 Å². The van der Waals surface area contributed by atoms with Gasteiger partial charge in [0.2, 0.25) is 5.91 Å². The molecule has 0 radical (unpaired) electrons. The van der Waals surface area contributed by atoms with Gasteiger partial charge in [-0.2, -0.15) is 13.2 Å². The Morgan fingerprint density at radius 3 is 2.65 bits per heavy atom. The van der Waals surface area contributed by atoms with Gasteiger partial charge >= 0.3 is 6.18 Å². The van der Waals surface area contributed by atoms with Crippen LogP contribution in [0.5, 0.6) is 0 Å². The number of hydrogen-bond donors (Lipinski definition) is 3. The second-order valence-corrected chi connectivity index (χ2v) is 11.3. The van der Waals surface area contributed by atoms with E-state index >= 15 is 0 Å². The van der Waals surface area contributed by atoms with Crippen molar-refractivity contribution in [2.45, 2.75) is 96.4 Å². The maximum Gasteiger partial charge on any atom is 0.417 e. The zero-order valence-corrected chi connectivity index (χ0v) is 20.7. The Hall–Kier alpha value is -1.60. The third-order valence-electron chi connectivity index (χ3n) is 8.65. The minimum Gasteiger partial charge on any atom is -0.393 e. The fraction of sp³-hybridized carbons (Fsp3) is 0.741. The molecule has 192 valence electrons. The topological polar surface area (TPSA) is 69.6 Å². The maximum atomic E-state index is 12.9. The molecule has 0 spiro atoms. The van der Waals surface area contributed by atoms with E-state index in [0.717, 1.165) is 56.1 Å². The van der Waals surface area contributed by atoms with Gasteiger partial charge in [-0.1, -0.05) is 43.7 Å². The molecule has 3 aliphatic rings. The predicted molar refractivity (Wildman–Crippen MR) is 127 cm³/mol. The lowest BCUT2D eigenvalue weighted by molar-refractivity contribution is -0.253. The monoisotopic (exact) mass is 483 g/mol. The van der Waals surface area contributed by atoms with Crippen molar-refractivity contribution in [3.63, 3.8) is 0 Å². The van der Waals surface area contributed by atoms with E-state index in [1.165, 1.54) is 5.57 Å². The Morgan fingerprint density at radius 1 is 1.26 bits per heavy atom. The van der Waals surface area contributed by atoms with Crippen molar-refractivity contribution in [2.75, 3.05) is 6.54 Å². The largest absolute Gasteiger partial charge is 0.417 e. The number of aliphatic hydroxyl groups is 2. The van der Waals surface area contributed by atoms with Crippen LogP contribution in [0, 0.1) is 23.2 Å². The molecular formula is C27H40F3NO3. The Kier molecular flexibility index (Phi) is 8.08.